The van der Waals surface area contributed by atoms with E-state index in [9.17, 15) is 5.11 Å². The van der Waals surface area contributed by atoms with Crippen molar-refractivity contribution in [3.8, 4) is 23.8 Å². The minimum absolute atomic E-state index is 0.453. The molecule has 20 heavy (non-hydrogen) atoms. The molecule has 0 aliphatic rings. The van der Waals surface area contributed by atoms with Gasteiger partial charge in [0.1, 0.15) is 17.1 Å². The van der Waals surface area contributed by atoms with E-state index in [0.717, 1.165) is 0 Å². The molecular formula is C17H15ClO2. The van der Waals surface area contributed by atoms with Crippen molar-refractivity contribution >= 4 is 11.6 Å². The van der Waals surface area contributed by atoms with Crippen LogP contribution < -0.4 is 4.74 Å². The van der Waals surface area contributed by atoms with Crippen molar-refractivity contribution in [3.05, 3.63) is 59.1 Å². The number of hydrogen-bond donors (Lipinski definition) is 1. The molecule has 1 atom stereocenters. The summed E-state index contributed by atoms with van der Waals surface area (Å²) < 4.78 is 5.68. The van der Waals surface area contributed by atoms with Gasteiger partial charge in [-0.05, 0) is 36.2 Å². The average Bonchev–Trinajstić information content (AvgIpc) is 2.49. The normalized spacial score (nSPS) is 13.3. The second-order valence-electron chi connectivity index (χ2n) is 4.42. The second kappa shape index (κ2) is 6.00. The Morgan fingerprint density at radius 1 is 1.20 bits per heavy atom. The van der Waals surface area contributed by atoms with Gasteiger partial charge >= 0.3 is 0 Å². The first kappa shape index (κ1) is 14.5. The summed E-state index contributed by atoms with van der Waals surface area (Å²) in [5.41, 5.74) is -0.558. The summed E-state index contributed by atoms with van der Waals surface area (Å²) in [5.74, 6) is 3.64. The van der Waals surface area contributed by atoms with Crippen LogP contribution in [0.4, 0.5) is 0 Å². The summed E-state index contributed by atoms with van der Waals surface area (Å²) >= 11 is 6.03. The topological polar surface area (TPSA) is 29.5 Å². The van der Waals surface area contributed by atoms with Gasteiger partial charge in [0.25, 0.3) is 0 Å². The molecular weight excluding hydrogens is 272 g/mol. The first-order valence-electron chi connectivity index (χ1n) is 6.32. The Labute approximate surface area is 124 Å². The van der Waals surface area contributed by atoms with Crippen LogP contribution in [0, 0.1) is 12.3 Å². The molecule has 102 valence electrons. The van der Waals surface area contributed by atoms with Gasteiger partial charge in [-0.2, -0.15) is 0 Å². The number of para-hydroxylation sites is 1. The Morgan fingerprint density at radius 3 is 2.40 bits per heavy atom. The Kier molecular flexibility index (Phi) is 4.34. The number of halogens is 1. The maximum atomic E-state index is 10.2. The van der Waals surface area contributed by atoms with Crippen molar-refractivity contribution in [3.63, 3.8) is 0 Å². The number of aliphatic hydroxyl groups is 1. The van der Waals surface area contributed by atoms with Crippen molar-refractivity contribution < 1.29 is 9.84 Å². The van der Waals surface area contributed by atoms with E-state index in [-0.39, 0.29) is 0 Å². The van der Waals surface area contributed by atoms with Crippen LogP contribution in [0.15, 0.2) is 48.5 Å². The largest absolute Gasteiger partial charge is 0.456 e. The van der Waals surface area contributed by atoms with Crippen LogP contribution in [-0.2, 0) is 5.60 Å². The molecule has 1 unspecified atom stereocenters. The molecule has 1 N–H and O–H groups in total. The van der Waals surface area contributed by atoms with Crippen molar-refractivity contribution in [2.75, 3.05) is 0 Å². The Bertz CT molecular complexity index is 628. The predicted molar refractivity (Wildman–Crippen MR) is 81.0 cm³/mol. The zero-order chi connectivity index (χ0) is 14.6. The zero-order valence-corrected chi connectivity index (χ0v) is 11.9. The van der Waals surface area contributed by atoms with Gasteiger partial charge in [0, 0.05) is 0 Å². The van der Waals surface area contributed by atoms with Crippen molar-refractivity contribution in [2.45, 2.75) is 18.9 Å². The van der Waals surface area contributed by atoms with Gasteiger partial charge in [0.2, 0.25) is 0 Å². The first-order valence-corrected chi connectivity index (χ1v) is 6.70. The summed E-state index contributed by atoms with van der Waals surface area (Å²) in [5, 5.41) is 10.8. The third-order valence-corrected chi connectivity index (χ3v) is 3.46. The SMILES string of the molecule is C#CC(O)(CC)c1ccc(Oc2ccccc2Cl)cc1. The first-order chi connectivity index (χ1) is 9.59. The van der Waals surface area contributed by atoms with E-state index in [2.05, 4.69) is 5.92 Å². The summed E-state index contributed by atoms with van der Waals surface area (Å²) in [6.07, 6.45) is 5.83. The lowest BCUT2D eigenvalue weighted by molar-refractivity contribution is 0.0961. The average molecular weight is 287 g/mol. The van der Waals surface area contributed by atoms with Crippen molar-refractivity contribution in [2.24, 2.45) is 0 Å². The van der Waals surface area contributed by atoms with E-state index >= 15 is 0 Å². The summed E-state index contributed by atoms with van der Waals surface area (Å²) in [7, 11) is 0. The molecule has 0 heterocycles. The lowest BCUT2D eigenvalue weighted by Crippen LogP contribution is -2.21. The smallest absolute Gasteiger partial charge is 0.150 e. The third kappa shape index (κ3) is 2.96. The molecule has 0 amide bonds. The van der Waals surface area contributed by atoms with E-state index in [1.807, 2.05) is 19.1 Å². The van der Waals surface area contributed by atoms with Gasteiger partial charge in [-0.1, -0.05) is 48.7 Å². The third-order valence-electron chi connectivity index (χ3n) is 3.15. The van der Waals surface area contributed by atoms with Crippen molar-refractivity contribution in [1.29, 1.82) is 0 Å². The van der Waals surface area contributed by atoms with E-state index in [0.29, 0.717) is 28.5 Å². The van der Waals surface area contributed by atoms with Gasteiger partial charge in [-0.3, -0.25) is 0 Å². The molecule has 2 aromatic carbocycles. The molecule has 0 saturated heterocycles. The summed E-state index contributed by atoms with van der Waals surface area (Å²) in [4.78, 5) is 0. The second-order valence-corrected chi connectivity index (χ2v) is 4.82. The van der Waals surface area contributed by atoms with E-state index < -0.39 is 5.60 Å². The molecule has 0 aliphatic heterocycles. The lowest BCUT2D eigenvalue weighted by Gasteiger charge is -2.20. The Balaban J connectivity index is 2.22. The summed E-state index contributed by atoms with van der Waals surface area (Å²) in [6, 6.07) is 14.3. The molecule has 2 aromatic rings. The summed E-state index contributed by atoms with van der Waals surface area (Å²) in [6.45, 7) is 1.84. The van der Waals surface area contributed by atoms with Gasteiger partial charge < -0.3 is 9.84 Å². The van der Waals surface area contributed by atoms with Crippen LogP contribution in [0.2, 0.25) is 5.02 Å². The predicted octanol–water partition coefficient (Wildman–Crippen LogP) is 4.36. The molecule has 3 heteroatoms. The molecule has 0 bridgehead atoms. The van der Waals surface area contributed by atoms with Crippen molar-refractivity contribution in [1.82, 2.24) is 0 Å². The molecule has 0 aromatic heterocycles. The number of ether oxygens (including phenoxy) is 1. The Hall–Kier alpha value is -1.95. The standard InChI is InChI=1S/C17H15ClO2/c1-3-17(19,4-2)13-9-11-14(12-10-13)20-16-8-6-5-7-15(16)18/h1,5-12,19H,4H2,2H3. The van der Waals surface area contributed by atoms with Crippen LogP contribution in [0.3, 0.4) is 0 Å². The number of benzene rings is 2. The van der Waals surface area contributed by atoms with Gasteiger partial charge in [0.15, 0.2) is 0 Å². The van der Waals surface area contributed by atoms with E-state index in [1.165, 1.54) is 0 Å². The fourth-order valence-corrected chi connectivity index (χ4v) is 2.02. The number of hydrogen-bond acceptors (Lipinski definition) is 2. The Morgan fingerprint density at radius 2 is 1.85 bits per heavy atom. The molecule has 0 radical (unpaired) electrons. The van der Waals surface area contributed by atoms with E-state index in [4.69, 9.17) is 22.8 Å². The maximum absolute atomic E-state index is 10.2. The monoisotopic (exact) mass is 286 g/mol. The number of terminal acetylenes is 1. The highest BCUT2D eigenvalue weighted by Gasteiger charge is 2.23. The highest BCUT2D eigenvalue weighted by molar-refractivity contribution is 6.32. The van der Waals surface area contributed by atoms with Crippen LogP contribution in [0.25, 0.3) is 0 Å². The minimum atomic E-state index is -1.23. The van der Waals surface area contributed by atoms with Crippen LogP contribution in [-0.4, -0.2) is 5.11 Å². The molecule has 0 saturated carbocycles. The van der Waals surface area contributed by atoms with E-state index in [1.54, 1.807) is 36.4 Å². The van der Waals surface area contributed by atoms with Gasteiger partial charge in [-0.15, -0.1) is 6.42 Å². The highest BCUT2D eigenvalue weighted by atomic mass is 35.5. The quantitative estimate of drug-likeness (QED) is 0.846. The van der Waals surface area contributed by atoms with Crippen LogP contribution >= 0.6 is 11.6 Å². The highest BCUT2D eigenvalue weighted by Crippen LogP contribution is 2.31. The van der Waals surface area contributed by atoms with Crippen LogP contribution in [0.1, 0.15) is 18.9 Å². The zero-order valence-electron chi connectivity index (χ0n) is 11.1. The fraction of sp³-hybridized carbons (Fsp3) is 0.176. The minimum Gasteiger partial charge on any atom is -0.456 e. The lowest BCUT2D eigenvalue weighted by atomic mass is 9.92. The molecule has 0 fully saturated rings. The molecule has 0 aliphatic carbocycles. The molecule has 2 rings (SSSR count). The molecule has 0 spiro atoms. The maximum Gasteiger partial charge on any atom is 0.150 e. The van der Waals surface area contributed by atoms with Gasteiger partial charge in [-0.25, -0.2) is 0 Å². The van der Waals surface area contributed by atoms with Gasteiger partial charge in [0.05, 0.1) is 5.02 Å². The van der Waals surface area contributed by atoms with Crippen LogP contribution in [0.5, 0.6) is 11.5 Å². The number of rotatable bonds is 4. The molecule has 2 nitrogen and oxygen atoms in total. The fourth-order valence-electron chi connectivity index (χ4n) is 1.84.